The Hall–Kier alpha value is -3.43. The molecule has 0 saturated carbocycles. The average Bonchev–Trinajstić information content (AvgIpc) is 2.85. The molecule has 0 aliphatic heterocycles. The van der Waals surface area contributed by atoms with Crippen LogP contribution in [0.25, 0.3) is 0 Å². The molecule has 0 bridgehead atoms. The number of benzene rings is 3. The fraction of sp³-hybridized carbons (Fsp3) is 0.125. The predicted octanol–water partition coefficient (Wildman–Crippen LogP) is 6.75. The quantitative estimate of drug-likeness (QED) is 0.149. The van der Waals surface area contributed by atoms with Crippen LogP contribution >= 0.6 is 21.6 Å². The molecule has 3 aromatic rings. The molecule has 3 rings (SSSR count). The molecule has 0 aliphatic rings. The number of hydrogen-bond donors (Lipinski definition) is 0. The summed E-state index contributed by atoms with van der Waals surface area (Å²) in [7, 11) is 2.24. The van der Waals surface area contributed by atoms with Crippen molar-refractivity contribution in [2.75, 3.05) is 0 Å². The second kappa shape index (κ2) is 13.2. The summed E-state index contributed by atoms with van der Waals surface area (Å²) < 4.78 is 19.4. The van der Waals surface area contributed by atoms with Crippen LogP contribution in [0.2, 0.25) is 0 Å². The zero-order valence-electron chi connectivity index (χ0n) is 17.4. The standard InChI is InChI=1S/C24H20O7S2/c25-22(28-15-18-7-3-1-4-8-18)31-23(26)29-16-20-11-13-21(14-12-20)32-33-24(27)30-17-19-9-5-2-6-10-19/h1-14H,15-17H2. The lowest BCUT2D eigenvalue weighted by Gasteiger charge is -2.07. The summed E-state index contributed by atoms with van der Waals surface area (Å²) in [6, 6.07) is 25.5. The van der Waals surface area contributed by atoms with E-state index in [1.165, 1.54) is 10.8 Å². The smallest absolute Gasteiger partial charge is 0.452 e. The largest absolute Gasteiger partial charge is 0.518 e. The Morgan fingerprint density at radius 1 is 0.576 bits per heavy atom. The summed E-state index contributed by atoms with van der Waals surface area (Å²) in [4.78, 5) is 35.9. The van der Waals surface area contributed by atoms with Crippen molar-refractivity contribution in [1.29, 1.82) is 0 Å². The lowest BCUT2D eigenvalue weighted by molar-refractivity contribution is 0.0302. The Morgan fingerprint density at radius 3 is 1.55 bits per heavy atom. The van der Waals surface area contributed by atoms with Gasteiger partial charge in [0.05, 0.1) is 0 Å². The van der Waals surface area contributed by atoms with Gasteiger partial charge in [-0.3, -0.25) is 0 Å². The lowest BCUT2D eigenvalue weighted by atomic mass is 10.2. The van der Waals surface area contributed by atoms with Crippen molar-refractivity contribution < 1.29 is 33.3 Å². The molecule has 33 heavy (non-hydrogen) atoms. The van der Waals surface area contributed by atoms with Gasteiger partial charge in [-0.05, 0) is 39.6 Å². The first kappa shape index (κ1) is 24.2. The maximum atomic E-state index is 11.9. The van der Waals surface area contributed by atoms with Crippen molar-refractivity contribution >= 4 is 39.2 Å². The van der Waals surface area contributed by atoms with E-state index in [0.717, 1.165) is 26.8 Å². The first-order valence-corrected chi connectivity index (χ1v) is 11.9. The Bertz CT molecular complexity index is 1040. The van der Waals surface area contributed by atoms with E-state index in [4.69, 9.17) is 14.2 Å². The van der Waals surface area contributed by atoms with Crippen LogP contribution in [-0.4, -0.2) is 17.6 Å². The lowest BCUT2D eigenvalue weighted by Crippen LogP contribution is -2.15. The molecule has 0 radical (unpaired) electrons. The number of carbonyl (C=O) groups excluding carboxylic acids is 3. The second-order valence-corrected chi connectivity index (χ2v) is 8.64. The van der Waals surface area contributed by atoms with E-state index in [9.17, 15) is 14.4 Å². The highest BCUT2D eigenvalue weighted by atomic mass is 33.1. The van der Waals surface area contributed by atoms with Gasteiger partial charge in [0.25, 0.3) is 0 Å². The van der Waals surface area contributed by atoms with Crippen LogP contribution in [0.1, 0.15) is 16.7 Å². The van der Waals surface area contributed by atoms with E-state index in [1.54, 1.807) is 48.5 Å². The van der Waals surface area contributed by atoms with Gasteiger partial charge in [-0.2, -0.15) is 0 Å². The third-order valence-electron chi connectivity index (χ3n) is 4.05. The van der Waals surface area contributed by atoms with Gasteiger partial charge in [-0.1, -0.05) is 72.8 Å². The molecule has 0 amide bonds. The molecule has 0 atom stereocenters. The van der Waals surface area contributed by atoms with E-state index in [1.807, 2.05) is 36.4 Å². The van der Waals surface area contributed by atoms with Crippen LogP contribution in [0, 0.1) is 0 Å². The molecule has 170 valence electrons. The van der Waals surface area contributed by atoms with Crippen molar-refractivity contribution in [3.63, 3.8) is 0 Å². The minimum Gasteiger partial charge on any atom is -0.452 e. The summed E-state index contributed by atoms with van der Waals surface area (Å²) in [5.74, 6) is 0. The topological polar surface area (TPSA) is 88.1 Å². The maximum Gasteiger partial charge on any atom is 0.518 e. The van der Waals surface area contributed by atoms with Crippen LogP contribution in [0.3, 0.4) is 0 Å². The number of hydrogen-bond acceptors (Lipinski definition) is 9. The zero-order valence-corrected chi connectivity index (χ0v) is 19.0. The maximum absolute atomic E-state index is 11.9. The van der Waals surface area contributed by atoms with Gasteiger partial charge in [0, 0.05) is 15.7 Å². The van der Waals surface area contributed by atoms with Gasteiger partial charge in [-0.25, -0.2) is 14.4 Å². The molecule has 7 nitrogen and oxygen atoms in total. The monoisotopic (exact) mass is 484 g/mol. The van der Waals surface area contributed by atoms with Gasteiger partial charge < -0.3 is 18.9 Å². The van der Waals surface area contributed by atoms with E-state index in [2.05, 4.69) is 4.74 Å². The van der Waals surface area contributed by atoms with Crippen LogP contribution in [-0.2, 0) is 38.8 Å². The van der Waals surface area contributed by atoms with Gasteiger partial charge in [-0.15, -0.1) is 0 Å². The van der Waals surface area contributed by atoms with Gasteiger partial charge in [0.2, 0.25) is 0 Å². The molecule has 0 saturated heterocycles. The summed E-state index contributed by atoms with van der Waals surface area (Å²) in [5, 5.41) is -0.391. The number of carbonyl (C=O) groups is 3. The third-order valence-corrected chi connectivity index (χ3v) is 6.09. The molecule has 0 aliphatic carbocycles. The molecule has 0 unspecified atom stereocenters. The van der Waals surface area contributed by atoms with E-state index in [0.29, 0.717) is 5.56 Å². The van der Waals surface area contributed by atoms with Gasteiger partial charge in [0.15, 0.2) is 0 Å². The van der Waals surface area contributed by atoms with Gasteiger partial charge in [0.1, 0.15) is 19.8 Å². The second-order valence-electron chi connectivity index (χ2n) is 6.50. The average molecular weight is 485 g/mol. The third kappa shape index (κ3) is 9.30. The Labute approximate surface area is 198 Å². The first-order chi connectivity index (χ1) is 16.1. The van der Waals surface area contributed by atoms with Crippen LogP contribution in [0.4, 0.5) is 14.4 Å². The predicted molar refractivity (Wildman–Crippen MR) is 124 cm³/mol. The first-order valence-electron chi connectivity index (χ1n) is 9.78. The number of rotatable bonds is 8. The molecule has 0 fully saturated rings. The molecular weight excluding hydrogens is 464 g/mol. The van der Waals surface area contributed by atoms with E-state index >= 15 is 0 Å². The summed E-state index contributed by atoms with van der Waals surface area (Å²) >= 11 is 0. The summed E-state index contributed by atoms with van der Waals surface area (Å²) in [6.07, 6.45) is -2.28. The SMILES string of the molecule is O=C(OCc1ccccc1)OC(=O)OCc1ccc(SSC(=O)OCc2ccccc2)cc1. The molecule has 0 N–H and O–H groups in total. The number of ether oxygens (including phenoxy) is 4. The molecule has 9 heteroatoms. The van der Waals surface area contributed by atoms with Crippen molar-refractivity contribution in [2.45, 2.75) is 24.7 Å². The molecule has 0 spiro atoms. The Balaban J connectivity index is 1.32. The highest BCUT2D eigenvalue weighted by molar-refractivity contribution is 8.82. The summed E-state index contributed by atoms with van der Waals surface area (Å²) in [6.45, 7) is 0.130. The molecule has 0 heterocycles. The van der Waals surface area contributed by atoms with E-state index in [-0.39, 0.29) is 19.8 Å². The Kier molecular flexibility index (Phi) is 9.68. The van der Waals surface area contributed by atoms with Crippen molar-refractivity contribution in [3.8, 4) is 0 Å². The van der Waals surface area contributed by atoms with Crippen molar-refractivity contribution in [2.24, 2.45) is 0 Å². The fourth-order valence-electron chi connectivity index (χ4n) is 2.45. The molecular formula is C24H20O7S2. The van der Waals surface area contributed by atoms with Crippen molar-refractivity contribution in [3.05, 3.63) is 102 Å². The van der Waals surface area contributed by atoms with Gasteiger partial charge >= 0.3 is 17.6 Å². The van der Waals surface area contributed by atoms with Crippen LogP contribution in [0.15, 0.2) is 89.8 Å². The van der Waals surface area contributed by atoms with Crippen LogP contribution < -0.4 is 0 Å². The minimum atomic E-state index is -1.15. The summed E-state index contributed by atoms with van der Waals surface area (Å²) in [5.41, 5.74) is 2.37. The Morgan fingerprint density at radius 2 is 1.03 bits per heavy atom. The molecule has 3 aromatic carbocycles. The van der Waals surface area contributed by atoms with Crippen molar-refractivity contribution in [1.82, 2.24) is 0 Å². The fourth-order valence-corrected chi connectivity index (χ4v) is 3.94. The molecule has 0 aromatic heterocycles. The normalized spacial score (nSPS) is 10.2. The van der Waals surface area contributed by atoms with Crippen LogP contribution in [0.5, 0.6) is 0 Å². The highest BCUT2D eigenvalue weighted by Crippen LogP contribution is 2.32. The minimum absolute atomic E-state index is 0.0100. The highest BCUT2D eigenvalue weighted by Gasteiger charge is 2.14. The van der Waals surface area contributed by atoms with E-state index < -0.39 is 17.6 Å². The zero-order chi connectivity index (χ0) is 23.3.